The Kier molecular flexibility index (Phi) is 6.12. The number of carbonyl (C=O) groups is 1. The molecular weight excluding hydrogens is 371 g/mol. The van der Waals surface area contributed by atoms with Gasteiger partial charge in [-0.05, 0) is 49.4 Å². The molecule has 3 N–H and O–H groups in total. The molecule has 0 aliphatic rings. The highest BCUT2D eigenvalue weighted by Gasteiger charge is 2.15. The van der Waals surface area contributed by atoms with E-state index < -0.39 is 27.9 Å². The third-order valence-corrected chi connectivity index (χ3v) is 4.90. The number of nitrogens with one attached hydrogen (secondary N) is 2. The Bertz CT molecular complexity index is 870. The van der Waals surface area contributed by atoms with Crippen molar-refractivity contribution in [1.29, 1.82) is 0 Å². The van der Waals surface area contributed by atoms with Crippen molar-refractivity contribution in [3.8, 4) is 0 Å². The summed E-state index contributed by atoms with van der Waals surface area (Å²) < 4.78 is 39.4. The Labute approximate surface area is 149 Å². The van der Waals surface area contributed by atoms with Crippen LogP contribution >= 0.6 is 11.6 Å². The summed E-state index contributed by atoms with van der Waals surface area (Å²) in [6, 6.07) is 9.00. The summed E-state index contributed by atoms with van der Waals surface area (Å²) in [6.45, 7) is 1.34. The number of benzene rings is 2. The van der Waals surface area contributed by atoms with Crippen molar-refractivity contribution in [3.63, 3.8) is 0 Å². The second kappa shape index (κ2) is 7.92. The largest absolute Gasteiger partial charge is 0.392 e. The molecule has 0 saturated heterocycles. The lowest BCUT2D eigenvalue weighted by atomic mass is 10.2. The van der Waals surface area contributed by atoms with Crippen LogP contribution in [0.2, 0.25) is 5.02 Å². The first-order valence-corrected chi connectivity index (χ1v) is 9.09. The van der Waals surface area contributed by atoms with Gasteiger partial charge in [0.2, 0.25) is 10.0 Å². The van der Waals surface area contributed by atoms with Gasteiger partial charge in [-0.1, -0.05) is 11.6 Å². The first kappa shape index (κ1) is 19.3. The minimum atomic E-state index is -3.77. The topological polar surface area (TPSA) is 95.5 Å². The molecule has 0 fully saturated rings. The summed E-state index contributed by atoms with van der Waals surface area (Å²) in [5.41, 5.74) is 0.529. The first-order chi connectivity index (χ1) is 11.7. The summed E-state index contributed by atoms with van der Waals surface area (Å²) in [4.78, 5) is 12.1. The fraction of sp³-hybridized carbons (Fsp3) is 0.188. The van der Waals surface area contributed by atoms with Gasteiger partial charge < -0.3 is 10.4 Å². The number of aliphatic hydroxyl groups is 1. The molecule has 1 amide bonds. The highest BCUT2D eigenvalue weighted by Crippen LogP contribution is 2.20. The van der Waals surface area contributed by atoms with Crippen molar-refractivity contribution in [2.75, 3.05) is 11.9 Å². The van der Waals surface area contributed by atoms with Crippen LogP contribution in [0.4, 0.5) is 10.1 Å². The lowest BCUT2D eigenvalue weighted by Gasteiger charge is -2.09. The highest BCUT2D eigenvalue weighted by atomic mass is 35.5. The minimum Gasteiger partial charge on any atom is -0.392 e. The monoisotopic (exact) mass is 386 g/mol. The second-order valence-electron chi connectivity index (χ2n) is 5.31. The predicted molar refractivity (Wildman–Crippen MR) is 92.7 cm³/mol. The lowest BCUT2D eigenvalue weighted by Crippen LogP contribution is -2.30. The van der Waals surface area contributed by atoms with E-state index in [9.17, 15) is 17.6 Å². The van der Waals surface area contributed by atoms with E-state index in [1.807, 2.05) is 0 Å². The number of halogens is 2. The Hall–Kier alpha value is -2.00. The van der Waals surface area contributed by atoms with Crippen LogP contribution in [0.5, 0.6) is 0 Å². The van der Waals surface area contributed by atoms with Crippen molar-refractivity contribution in [2.45, 2.75) is 17.9 Å². The summed E-state index contributed by atoms with van der Waals surface area (Å²) in [5.74, 6) is -1.09. The van der Waals surface area contributed by atoms with E-state index >= 15 is 0 Å². The maximum absolute atomic E-state index is 13.1. The molecule has 25 heavy (non-hydrogen) atoms. The first-order valence-electron chi connectivity index (χ1n) is 7.23. The molecule has 9 heteroatoms. The van der Waals surface area contributed by atoms with Crippen molar-refractivity contribution in [2.24, 2.45) is 0 Å². The molecule has 2 aromatic rings. The molecule has 1 unspecified atom stereocenters. The minimum absolute atomic E-state index is 0.0328. The standard InChI is InChI=1S/C16H16ClFN2O4S/c1-10(21)9-19-25(23,24)13-5-2-11(3-6-13)16(22)20-12-4-7-15(18)14(17)8-12/h2-8,10,19,21H,9H2,1H3,(H,20,22). The second-order valence-corrected chi connectivity index (χ2v) is 7.48. The van der Waals surface area contributed by atoms with Crippen molar-refractivity contribution >= 4 is 33.2 Å². The van der Waals surface area contributed by atoms with E-state index in [-0.39, 0.29) is 22.0 Å². The number of anilines is 1. The van der Waals surface area contributed by atoms with Crippen LogP contribution in [-0.4, -0.2) is 32.1 Å². The molecule has 134 valence electrons. The van der Waals surface area contributed by atoms with Crippen LogP contribution in [0, 0.1) is 5.82 Å². The summed E-state index contributed by atoms with van der Waals surface area (Å²) in [5, 5.41) is 11.6. The average molecular weight is 387 g/mol. The van der Waals surface area contributed by atoms with Gasteiger partial charge >= 0.3 is 0 Å². The molecule has 1 atom stereocenters. The molecule has 2 aromatic carbocycles. The Morgan fingerprint density at radius 3 is 2.44 bits per heavy atom. The molecule has 0 bridgehead atoms. The number of amides is 1. The maximum atomic E-state index is 13.1. The average Bonchev–Trinajstić information content (AvgIpc) is 2.56. The zero-order chi connectivity index (χ0) is 18.6. The number of rotatable bonds is 6. The van der Waals surface area contributed by atoms with Gasteiger partial charge in [0.15, 0.2) is 0 Å². The fourth-order valence-electron chi connectivity index (χ4n) is 1.88. The zero-order valence-corrected chi connectivity index (χ0v) is 14.7. The third-order valence-electron chi connectivity index (χ3n) is 3.17. The third kappa shape index (κ3) is 5.23. The van der Waals surface area contributed by atoms with Gasteiger partial charge in [-0.15, -0.1) is 0 Å². The van der Waals surface area contributed by atoms with Crippen molar-refractivity contribution in [1.82, 2.24) is 4.72 Å². The summed E-state index contributed by atoms with van der Waals surface area (Å²) in [6.07, 6.45) is -0.817. The van der Waals surface area contributed by atoms with Crippen LogP contribution in [0.15, 0.2) is 47.4 Å². The van der Waals surface area contributed by atoms with E-state index in [2.05, 4.69) is 10.0 Å². The van der Waals surface area contributed by atoms with E-state index in [4.69, 9.17) is 16.7 Å². The summed E-state index contributed by atoms with van der Waals surface area (Å²) >= 11 is 5.65. The smallest absolute Gasteiger partial charge is 0.255 e. The normalized spacial score (nSPS) is 12.6. The fourth-order valence-corrected chi connectivity index (χ4v) is 3.18. The molecule has 6 nitrogen and oxygen atoms in total. The Morgan fingerprint density at radius 2 is 1.88 bits per heavy atom. The molecule has 0 radical (unpaired) electrons. The van der Waals surface area contributed by atoms with Crippen LogP contribution in [0.25, 0.3) is 0 Å². The van der Waals surface area contributed by atoms with E-state index in [1.54, 1.807) is 0 Å². The van der Waals surface area contributed by atoms with Gasteiger partial charge in [0.05, 0.1) is 16.0 Å². The van der Waals surface area contributed by atoms with Gasteiger partial charge in [0.25, 0.3) is 5.91 Å². The molecule has 0 saturated carbocycles. The molecule has 0 aliphatic carbocycles. The highest BCUT2D eigenvalue weighted by molar-refractivity contribution is 7.89. The molecule has 0 aromatic heterocycles. The van der Waals surface area contributed by atoms with Crippen LogP contribution < -0.4 is 10.0 Å². The van der Waals surface area contributed by atoms with Gasteiger partial charge in [-0.25, -0.2) is 17.5 Å². The van der Waals surface area contributed by atoms with Gasteiger partial charge in [-0.3, -0.25) is 4.79 Å². The van der Waals surface area contributed by atoms with Crippen LogP contribution in [-0.2, 0) is 10.0 Å². The van der Waals surface area contributed by atoms with E-state index in [0.717, 1.165) is 6.07 Å². The molecule has 0 spiro atoms. The molecular formula is C16H16ClFN2O4S. The number of hydrogen-bond donors (Lipinski definition) is 3. The number of hydrogen-bond acceptors (Lipinski definition) is 4. The van der Waals surface area contributed by atoms with Crippen LogP contribution in [0.1, 0.15) is 17.3 Å². The van der Waals surface area contributed by atoms with Gasteiger partial charge in [0, 0.05) is 17.8 Å². The predicted octanol–water partition coefficient (Wildman–Crippen LogP) is 2.39. The summed E-state index contributed by atoms with van der Waals surface area (Å²) in [7, 11) is -3.77. The van der Waals surface area contributed by atoms with E-state index in [0.29, 0.717) is 5.69 Å². The number of sulfonamides is 1. The zero-order valence-electron chi connectivity index (χ0n) is 13.2. The van der Waals surface area contributed by atoms with Crippen molar-refractivity contribution < 1.29 is 22.7 Å². The van der Waals surface area contributed by atoms with Crippen molar-refractivity contribution in [3.05, 3.63) is 58.9 Å². The molecule has 0 heterocycles. The van der Waals surface area contributed by atoms with Gasteiger partial charge in [-0.2, -0.15) is 0 Å². The Balaban J connectivity index is 2.10. The van der Waals surface area contributed by atoms with E-state index in [1.165, 1.54) is 43.3 Å². The molecule has 2 rings (SSSR count). The number of carbonyl (C=O) groups excluding carboxylic acids is 1. The van der Waals surface area contributed by atoms with Crippen LogP contribution in [0.3, 0.4) is 0 Å². The quantitative estimate of drug-likeness (QED) is 0.710. The van der Waals surface area contributed by atoms with Gasteiger partial charge in [0.1, 0.15) is 5.82 Å². The SMILES string of the molecule is CC(O)CNS(=O)(=O)c1ccc(C(=O)Nc2ccc(F)c(Cl)c2)cc1. The lowest BCUT2D eigenvalue weighted by molar-refractivity contribution is 0.102. The number of aliphatic hydroxyl groups excluding tert-OH is 1. The Morgan fingerprint density at radius 1 is 1.24 bits per heavy atom. The molecule has 0 aliphatic heterocycles. The maximum Gasteiger partial charge on any atom is 0.255 e.